The van der Waals surface area contributed by atoms with E-state index >= 15 is 0 Å². The maximum Gasteiger partial charge on any atom is 0.270 e. The topological polar surface area (TPSA) is 70.7 Å². The Morgan fingerprint density at radius 1 is 1.19 bits per heavy atom. The van der Waals surface area contributed by atoms with Gasteiger partial charge in [0.15, 0.2) is 11.4 Å². The lowest BCUT2D eigenvalue weighted by Crippen LogP contribution is -2.13. The fourth-order valence-electron chi connectivity index (χ4n) is 4.07. The Morgan fingerprint density at radius 3 is 2.72 bits per heavy atom. The molecule has 0 saturated heterocycles. The molecule has 0 aliphatic carbocycles. The van der Waals surface area contributed by atoms with Crippen molar-refractivity contribution in [2.45, 2.75) is 38.7 Å². The van der Waals surface area contributed by atoms with Crippen LogP contribution in [-0.4, -0.2) is 36.4 Å². The zero-order valence-electron chi connectivity index (χ0n) is 17.8. The predicted octanol–water partition coefficient (Wildman–Crippen LogP) is 4.09. The molecule has 1 atom stereocenters. The van der Waals surface area contributed by atoms with Gasteiger partial charge in [0.2, 0.25) is 11.7 Å². The summed E-state index contributed by atoms with van der Waals surface area (Å²) in [6.45, 7) is 3.39. The Kier molecular flexibility index (Phi) is 4.66. The van der Waals surface area contributed by atoms with Gasteiger partial charge in [0, 0.05) is 31.1 Å². The zero-order chi connectivity index (χ0) is 22.5. The van der Waals surface area contributed by atoms with E-state index in [2.05, 4.69) is 32.2 Å². The summed E-state index contributed by atoms with van der Waals surface area (Å²) in [5.41, 5.74) is 2.38. The molecule has 7 nitrogen and oxygen atoms in total. The molecule has 32 heavy (non-hydrogen) atoms. The molecule has 0 amide bonds. The minimum Gasteiger partial charge on any atom is -0.479 e. The molecule has 0 unspecified atom stereocenters. The van der Waals surface area contributed by atoms with Crippen LogP contribution in [0.3, 0.4) is 0 Å². The molecule has 4 heterocycles. The minimum absolute atomic E-state index is 0.0164. The van der Waals surface area contributed by atoms with Crippen molar-refractivity contribution >= 4 is 0 Å². The first-order valence-corrected chi connectivity index (χ1v) is 10.2. The number of fused-ring (bicyclic) bond motifs is 1. The van der Waals surface area contributed by atoms with Crippen molar-refractivity contribution in [3.63, 3.8) is 0 Å². The van der Waals surface area contributed by atoms with Gasteiger partial charge < -0.3 is 4.74 Å². The van der Waals surface area contributed by atoms with Gasteiger partial charge in [0.05, 0.1) is 12.8 Å². The standard InChI is InChI=1S/C23H20F2N6O/c1-14-12-30(13-26-14)19-9-8-18(27-22(19)32-3)20-28-21-16(10-11-31(21)29-20)15-6-4-5-7-17(15)23(2,24)25/h4-7,12-13,16H,10-11H2,1-3H3/t16-/m1/s1. The largest absolute Gasteiger partial charge is 0.479 e. The zero-order valence-corrected chi connectivity index (χ0v) is 17.8. The van der Waals surface area contributed by atoms with Gasteiger partial charge in [-0.25, -0.2) is 23.4 Å². The molecule has 0 spiro atoms. The first-order valence-electron chi connectivity index (χ1n) is 10.2. The minimum atomic E-state index is -2.94. The average Bonchev–Trinajstić information content (AvgIpc) is 3.48. The number of hydrogen-bond donors (Lipinski definition) is 0. The van der Waals surface area contributed by atoms with E-state index in [-0.39, 0.29) is 11.5 Å². The van der Waals surface area contributed by atoms with Crippen molar-refractivity contribution in [2.24, 2.45) is 0 Å². The molecule has 1 aliphatic rings. The van der Waals surface area contributed by atoms with Crippen molar-refractivity contribution in [3.8, 4) is 23.1 Å². The summed E-state index contributed by atoms with van der Waals surface area (Å²) in [6, 6.07) is 12.7. The van der Waals surface area contributed by atoms with E-state index < -0.39 is 5.92 Å². The number of imidazole rings is 1. The lowest BCUT2D eigenvalue weighted by atomic mass is 9.90. The second-order valence-corrected chi connectivity index (χ2v) is 7.82. The van der Waals surface area contributed by atoms with Crippen LogP contribution in [0.25, 0.3) is 17.2 Å². The maximum absolute atomic E-state index is 14.2. The molecule has 3 aromatic heterocycles. The number of rotatable bonds is 5. The van der Waals surface area contributed by atoms with Gasteiger partial charge in [-0.15, -0.1) is 5.10 Å². The first kappa shape index (κ1) is 20.1. The number of ether oxygens (including phenoxy) is 1. The van der Waals surface area contributed by atoms with Gasteiger partial charge in [0.1, 0.15) is 12.2 Å². The quantitative estimate of drug-likeness (QED) is 0.473. The van der Waals surface area contributed by atoms with Gasteiger partial charge in [-0.1, -0.05) is 24.3 Å². The number of nitrogens with zero attached hydrogens (tertiary/aromatic N) is 6. The molecule has 5 rings (SSSR count). The second-order valence-electron chi connectivity index (χ2n) is 7.82. The van der Waals surface area contributed by atoms with Crippen LogP contribution in [0, 0.1) is 19.1 Å². The number of aryl methyl sites for hydroxylation is 2. The van der Waals surface area contributed by atoms with E-state index in [1.807, 2.05) is 13.1 Å². The number of aromatic nitrogens is 6. The highest BCUT2D eigenvalue weighted by atomic mass is 19.3. The van der Waals surface area contributed by atoms with Gasteiger partial charge in [-0.05, 0) is 31.0 Å². The van der Waals surface area contributed by atoms with Gasteiger partial charge in [0.25, 0.3) is 5.92 Å². The van der Waals surface area contributed by atoms with E-state index in [4.69, 9.17) is 4.74 Å². The molecule has 9 heteroatoms. The maximum atomic E-state index is 14.2. The van der Waals surface area contributed by atoms with Crippen LogP contribution in [0.4, 0.5) is 8.78 Å². The van der Waals surface area contributed by atoms with E-state index in [9.17, 15) is 8.78 Å². The van der Waals surface area contributed by atoms with Crippen LogP contribution in [0.5, 0.6) is 5.88 Å². The third-order valence-corrected chi connectivity index (χ3v) is 5.54. The van der Waals surface area contributed by atoms with E-state index in [1.165, 1.54) is 13.2 Å². The Balaban J connectivity index is 1.52. The smallest absolute Gasteiger partial charge is 0.270 e. The summed E-state index contributed by atoms with van der Waals surface area (Å²) in [5.74, 6) is -1.88. The van der Waals surface area contributed by atoms with Crippen LogP contribution < -0.4 is 4.74 Å². The number of alkyl halides is 2. The van der Waals surface area contributed by atoms with Crippen molar-refractivity contribution < 1.29 is 13.5 Å². The van der Waals surface area contributed by atoms with Crippen LogP contribution in [-0.2, 0) is 12.5 Å². The molecule has 1 aromatic carbocycles. The molecule has 162 valence electrons. The predicted molar refractivity (Wildman–Crippen MR) is 112 cm³/mol. The third kappa shape index (κ3) is 3.38. The fourth-order valence-corrected chi connectivity index (χ4v) is 4.07. The molecular formula is C23H20F2N6O. The number of benzene rings is 1. The Labute approximate surface area is 183 Å². The highest BCUT2D eigenvalue weighted by molar-refractivity contribution is 5.52. The first-order chi connectivity index (χ1) is 15.3. The summed E-state index contributed by atoms with van der Waals surface area (Å²) >= 11 is 0. The number of methoxy groups -OCH3 is 1. The Bertz CT molecular complexity index is 1290. The molecule has 0 saturated carbocycles. The monoisotopic (exact) mass is 434 g/mol. The molecule has 0 N–H and O–H groups in total. The molecule has 0 fully saturated rings. The molecule has 0 bridgehead atoms. The van der Waals surface area contributed by atoms with Crippen LogP contribution in [0.15, 0.2) is 36.8 Å². The Hall–Kier alpha value is -3.80. The van der Waals surface area contributed by atoms with E-state index in [0.717, 1.165) is 12.6 Å². The van der Waals surface area contributed by atoms with E-state index in [1.54, 1.807) is 33.8 Å². The van der Waals surface area contributed by atoms with Crippen molar-refractivity contribution in [1.82, 2.24) is 29.3 Å². The second kappa shape index (κ2) is 7.41. The summed E-state index contributed by atoms with van der Waals surface area (Å²) in [7, 11) is 1.52. The molecular weight excluding hydrogens is 414 g/mol. The number of halogens is 2. The lowest BCUT2D eigenvalue weighted by molar-refractivity contribution is 0.0163. The van der Waals surface area contributed by atoms with Crippen LogP contribution in [0.1, 0.15) is 41.9 Å². The molecule has 1 aliphatic heterocycles. The third-order valence-electron chi connectivity index (χ3n) is 5.54. The van der Waals surface area contributed by atoms with Gasteiger partial charge in [-0.3, -0.25) is 4.57 Å². The number of hydrogen-bond acceptors (Lipinski definition) is 5. The van der Waals surface area contributed by atoms with Gasteiger partial charge >= 0.3 is 0 Å². The SMILES string of the molecule is COc1nc(-c2nc3n(n2)CC[C@@H]3c2ccccc2C(C)(F)F)c#cc1-n1cnc(C)c1. The highest BCUT2D eigenvalue weighted by Gasteiger charge is 2.35. The Morgan fingerprint density at radius 2 is 2.00 bits per heavy atom. The lowest BCUT2D eigenvalue weighted by Gasteiger charge is -2.19. The average molecular weight is 434 g/mol. The van der Waals surface area contributed by atoms with Gasteiger partial charge in [-0.2, -0.15) is 4.98 Å². The van der Waals surface area contributed by atoms with Crippen LogP contribution in [0.2, 0.25) is 0 Å². The molecule has 4 aromatic rings. The normalized spacial score (nSPS) is 15.5. The van der Waals surface area contributed by atoms with Crippen molar-refractivity contribution in [3.05, 3.63) is 71.6 Å². The fraction of sp³-hybridized carbons (Fsp3) is 0.304. The summed E-state index contributed by atoms with van der Waals surface area (Å²) in [4.78, 5) is 13.3. The highest BCUT2D eigenvalue weighted by Crippen LogP contribution is 2.40. The van der Waals surface area contributed by atoms with Crippen LogP contribution >= 0.6 is 0 Å². The molecule has 0 radical (unpaired) electrons. The summed E-state index contributed by atoms with van der Waals surface area (Å²) in [6.07, 6.45) is 4.14. The van der Waals surface area contributed by atoms with E-state index in [0.29, 0.717) is 47.4 Å². The van der Waals surface area contributed by atoms with Crippen molar-refractivity contribution in [2.75, 3.05) is 7.11 Å². The summed E-state index contributed by atoms with van der Waals surface area (Å²) in [5, 5.41) is 4.54. The summed E-state index contributed by atoms with van der Waals surface area (Å²) < 4.78 is 37.3. The van der Waals surface area contributed by atoms with Crippen molar-refractivity contribution in [1.29, 1.82) is 0 Å².